The monoisotopic (exact) mass is 249 g/mol. The summed E-state index contributed by atoms with van der Waals surface area (Å²) in [5.41, 5.74) is 1.24. The number of ether oxygens (including phenoxy) is 1. The smallest absolute Gasteiger partial charge is 0.119 e. The Bertz CT molecular complexity index is 359. The molecule has 1 aliphatic rings. The van der Waals surface area contributed by atoms with E-state index in [1.54, 1.807) is 0 Å². The number of aliphatic hydroxyl groups is 1. The fraction of sp³-hybridized carbons (Fsp3) is 0.600. The number of piperidine rings is 1. The Hall–Kier alpha value is -1.06. The van der Waals surface area contributed by atoms with Gasteiger partial charge in [-0.1, -0.05) is 12.1 Å². The molecule has 1 aromatic carbocycles. The minimum absolute atomic E-state index is 0.250. The highest BCUT2D eigenvalue weighted by Crippen LogP contribution is 2.20. The number of aryl methyl sites for hydroxylation is 1. The first kappa shape index (κ1) is 13.4. The van der Waals surface area contributed by atoms with Gasteiger partial charge < -0.3 is 14.7 Å². The van der Waals surface area contributed by atoms with Crippen LogP contribution in [0.3, 0.4) is 0 Å². The van der Waals surface area contributed by atoms with Crippen LogP contribution in [0.25, 0.3) is 0 Å². The Kier molecular flexibility index (Phi) is 5.02. The average Bonchev–Trinajstić information content (AvgIpc) is 2.40. The molecule has 2 rings (SSSR count). The van der Waals surface area contributed by atoms with E-state index in [2.05, 4.69) is 24.1 Å². The molecule has 3 nitrogen and oxygen atoms in total. The molecule has 3 heteroatoms. The van der Waals surface area contributed by atoms with Gasteiger partial charge in [-0.15, -0.1) is 0 Å². The highest BCUT2D eigenvalue weighted by molar-refractivity contribution is 5.28. The molecule has 100 valence electrons. The van der Waals surface area contributed by atoms with Gasteiger partial charge in [0.25, 0.3) is 0 Å². The molecule has 0 radical (unpaired) electrons. The van der Waals surface area contributed by atoms with Crippen molar-refractivity contribution < 1.29 is 9.84 Å². The van der Waals surface area contributed by atoms with Crippen molar-refractivity contribution in [2.75, 3.05) is 26.7 Å². The quantitative estimate of drug-likeness (QED) is 0.867. The number of rotatable bonds is 5. The lowest BCUT2D eigenvalue weighted by atomic mass is 10.1. The van der Waals surface area contributed by atoms with E-state index in [0.29, 0.717) is 6.10 Å². The number of likely N-dealkylation sites (tertiary alicyclic amines) is 1. The second-order valence-electron chi connectivity index (χ2n) is 5.10. The third-order valence-corrected chi connectivity index (χ3v) is 3.49. The van der Waals surface area contributed by atoms with Gasteiger partial charge in [0.05, 0.1) is 0 Å². The summed E-state index contributed by atoms with van der Waals surface area (Å²) in [5.74, 6) is 0.972. The van der Waals surface area contributed by atoms with Crippen molar-refractivity contribution in [2.45, 2.75) is 31.8 Å². The lowest BCUT2D eigenvalue weighted by Gasteiger charge is -2.29. The van der Waals surface area contributed by atoms with Gasteiger partial charge in [-0.3, -0.25) is 0 Å². The van der Waals surface area contributed by atoms with E-state index < -0.39 is 0 Å². The van der Waals surface area contributed by atoms with Gasteiger partial charge in [0.2, 0.25) is 0 Å². The number of benzene rings is 1. The Morgan fingerprint density at radius 2 is 2.11 bits per heavy atom. The van der Waals surface area contributed by atoms with Crippen LogP contribution in [0.4, 0.5) is 0 Å². The van der Waals surface area contributed by atoms with E-state index in [0.717, 1.165) is 44.5 Å². The third kappa shape index (κ3) is 4.00. The predicted octanol–water partition coefficient (Wildman–Crippen LogP) is 2.08. The molecule has 1 saturated heterocycles. The van der Waals surface area contributed by atoms with Crippen LogP contribution in [-0.4, -0.2) is 42.9 Å². The first-order valence-electron chi connectivity index (χ1n) is 6.83. The van der Waals surface area contributed by atoms with Gasteiger partial charge in [0.15, 0.2) is 0 Å². The molecule has 1 fully saturated rings. The summed E-state index contributed by atoms with van der Waals surface area (Å²) in [6.07, 6.45) is 4.31. The average molecular weight is 249 g/mol. The van der Waals surface area contributed by atoms with Crippen LogP contribution in [0.15, 0.2) is 24.3 Å². The standard InChI is InChI=1S/C15H23NO2/c1-16-9-7-14(8-10-16)18-15-6-2-4-13(12-15)5-3-11-17/h2,4,6,12,14,17H,3,5,7-11H2,1H3. The molecule has 18 heavy (non-hydrogen) atoms. The second-order valence-corrected chi connectivity index (χ2v) is 5.10. The SMILES string of the molecule is CN1CCC(Oc2cccc(CCCO)c2)CC1. The molecule has 0 spiro atoms. The lowest BCUT2D eigenvalue weighted by Crippen LogP contribution is -2.35. The zero-order valence-electron chi connectivity index (χ0n) is 11.1. The zero-order valence-corrected chi connectivity index (χ0v) is 11.1. The van der Waals surface area contributed by atoms with Crippen molar-refractivity contribution in [3.8, 4) is 5.75 Å². The topological polar surface area (TPSA) is 32.7 Å². The van der Waals surface area contributed by atoms with E-state index in [9.17, 15) is 0 Å². The van der Waals surface area contributed by atoms with Crippen LogP contribution in [-0.2, 0) is 6.42 Å². The summed E-state index contributed by atoms with van der Waals surface area (Å²) >= 11 is 0. The maximum Gasteiger partial charge on any atom is 0.119 e. The molecule has 0 aromatic heterocycles. The Labute approximate surface area is 109 Å². The first-order valence-corrected chi connectivity index (χ1v) is 6.83. The molecule has 1 heterocycles. The maximum atomic E-state index is 8.85. The third-order valence-electron chi connectivity index (χ3n) is 3.49. The number of aliphatic hydroxyl groups excluding tert-OH is 1. The van der Waals surface area contributed by atoms with Crippen molar-refractivity contribution >= 4 is 0 Å². The van der Waals surface area contributed by atoms with E-state index in [1.165, 1.54) is 5.56 Å². The fourth-order valence-corrected chi connectivity index (χ4v) is 2.35. The van der Waals surface area contributed by atoms with Crippen molar-refractivity contribution in [3.63, 3.8) is 0 Å². The molecule has 0 atom stereocenters. The van der Waals surface area contributed by atoms with E-state index >= 15 is 0 Å². The molecular formula is C15H23NO2. The molecule has 0 amide bonds. The summed E-state index contributed by atoms with van der Waals surface area (Å²) in [6.45, 7) is 2.49. The van der Waals surface area contributed by atoms with Crippen LogP contribution in [0, 0.1) is 0 Å². The van der Waals surface area contributed by atoms with Gasteiger partial charge >= 0.3 is 0 Å². The summed E-state index contributed by atoms with van der Waals surface area (Å²) in [4.78, 5) is 2.34. The van der Waals surface area contributed by atoms with Gasteiger partial charge in [-0.2, -0.15) is 0 Å². The number of hydrogen-bond donors (Lipinski definition) is 1. The largest absolute Gasteiger partial charge is 0.490 e. The van der Waals surface area contributed by atoms with Crippen molar-refractivity contribution in [3.05, 3.63) is 29.8 Å². The van der Waals surface area contributed by atoms with E-state index in [-0.39, 0.29) is 6.61 Å². The molecule has 1 N–H and O–H groups in total. The van der Waals surface area contributed by atoms with Crippen LogP contribution >= 0.6 is 0 Å². The molecular weight excluding hydrogens is 226 g/mol. The van der Waals surface area contributed by atoms with Gasteiger partial charge in [-0.25, -0.2) is 0 Å². The molecule has 1 aliphatic heterocycles. The van der Waals surface area contributed by atoms with Crippen molar-refractivity contribution in [1.82, 2.24) is 4.90 Å². The molecule has 0 saturated carbocycles. The maximum absolute atomic E-state index is 8.85. The minimum atomic E-state index is 0.250. The summed E-state index contributed by atoms with van der Waals surface area (Å²) in [5, 5.41) is 8.85. The highest BCUT2D eigenvalue weighted by Gasteiger charge is 2.17. The van der Waals surface area contributed by atoms with Gasteiger partial charge in [0.1, 0.15) is 11.9 Å². The van der Waals surface area contributed by atoms with Crippen molar-refractivity contribution in [2.24, 2.45) is 0 Å². The van der Waals surface area contributed by atoms with Gasteiger partial charge in [0, 0.05) is 19.7 Å². The predicted molar refractivity (Wildman–Crippen MR) is 73.0 cm³/mol. The van der Waals surface area contributed by atoms with E-state index in [4.69, 9.17) is 9.84 Å². The van der Waals surface area contributed by atoms with Crippen LogP contribution < -0.4 is 4.74 Å². The summed E-state index contributed by atoms with van der Waals surface area (Å²) in [7, 11) is 2.16. The van der Waals surface area contributed by atoms with Crippen LogP contribution in [0.2, 0.25) is 0 Å². The lowest BCUT2D eigenvalue weighted by molar-refractivity contribution is 0.114. The second kappa shape index (κ2) is 6.76. The van der Waals surface area contributed by atoms with Crippen LogP contribution in [0.5, 0.6) is 5.75 Å². The highest BCUT2D eigenvalue weighted by atomic mass is 16.5. The van der Waals surface area contributed by atoms with E-state index in [1.807, 2.05) is 12.1 Å². The van der Waals surface area contributed by atoms with Gasteiger partial charge in [-0.05, 0) is 50.4 Å². The molecule has 1 aromatic rings. The molecule has 0 aliphatic carbocycles. The zero-order chi connectivity index (χ0) is 12.8. The van der Waals surface area contributed by atoms with Crippen molar-refractivity contribution in [1.29, 1.82) is 0 Å². The number of nitrogens with zero attached hydrogens (tertiary/aromatic N) is 1. The number of hydrogen-bond acceptors (Lipinski definition) is 3. The fourth-order valence-electron chi connectivity index (χ4n) is 2.35. The molecule has 0 unspecified atom stereocenters. The minimum Gasteiger partial charge on any atom is -0.490 e. The first-order chi connectivity index (χ1) is 8.78. The Morgan fingerprint density at radius 1 is 1.33 bits per heavy atom. The normalized spacial score (nSPS) is 17.9. The Balaban J connectivity index is 1.88. The summed E-state index contributed by atoms with van der Waals surface area (Å²) in [6, 6.07) is 8.27. The Morgan fingerprint density at radius 3 is 2.83 bits per heavy atom. The summed E-state index contributed by atoms with van der Waals surface area (Å²) < 4.78 is 6.04. The molecule has 0 bridgehead atoms. The van der Waals surface area contributed by atoms with Crippen LogP contribution in [0.1, 0.15) is 24.8 Å².